The lowest BCUT2D eigenvalue weighted by molar-refractivity contribution is 0.986. The molecule has 0 saturated carbocycles. The summed E-state index contributed by atoms with van der Waals surface area (Å²) in [5.41, 5.74) is 1.25. The molecule has 0 bridgehead atoms. The fourth-order valence-corrected chi connectivity index (χ4v) is 4.38. The van der Waals surface area contributed by atoms with Gasteiger partial charge in [-0.15, -0.1) is 75.8 Å². The van der Waals surface area contributed by atoms with Crippen LogP contribution >= 0.6 is 111 Å². The molecule has 0 aliphatic carbocycles. The van der Waals surface area contributed by atoms with E-state index in [4.69, 9.17) is 34.8 Å². The molecular weight excluding hydrogens is 443 g/mol. The number of thiol groups is 6. The molecule has 0 unspecified atom stereocenters. The van der Waals surface area contributed by atoms with Crippen LogP contribution in [0.5, 0.6) is 0 Å². The van der Waals surface area contributed by atoms with E-state index in [1.54, 1.807) is 6.07 Å². The molecular formula is C12H7Cl3S6. The molecule has 21 heavy (non-hydrogen) atoms. The third-order valence-electron chi connectivity index (χ3n) is 2.77. The molecule has 0 N–H and O–H groups in total. The molecule has 0 aromatic heterocycles. The molecule has 0 nitrogen and oxygen atoms in total. The largest absolute Gasteiger partial charge is 0.142 e. The normalized spacial score (nSPS) is 11.1. The van der Waals surface area contributed by atoms with Crippen LogP contribution in [0.4, 0.5) is 0 Å². The molecule has 0 atom stereocenters. The van der Waals surface area contributed by atoms with Crippen LogP contribution < -0.4 is 0 Å². The highest BCUT2D eigenvalue weighted by atomic mass is 35.5. The Labute approximate surface area is 170 Å². The van der Waals surface area contributed by atoms with Gasteiger partial charge in [-0.1, -0.05) is 34.8 Å². The van der Waals surface area contributed by atoms with Gasteiger partial charge in [0.25, 0.3) is 0 Å². The minimum absolute atomic E-state index is 0.220. The molecule has 0 radical (unpaired) electrons. The van der Waals surface area contributed by atoms with Crippen molar-refractivity contribution in [3.63, 3.8) is 0 Å². The summed E-state index contributed by atoms with van der Waals surface area (Å²) in [4.78, 5) is 3.36. The summed E-state index contributed by atoms with van der Waals surface area (Å²) in [7, 11) is 0. The van der Waals surface area contributed by atoms with E-state index in [1.165, 1.54) is 0 Å². The van der Waals surface area contributed by atoms with Crippen molar-refractivity contribution in [2.75, 3.05) is 0 Å². The minimum Gasteiger partial charge on any atom is -0.142 e. The Morgan fingerprint density at radius 2 is 1.00 bits per heavy atom. The standard InChI is InChI=1S/C12H7Cl3S6/c13-5-2(1-3(16)6(14)7(5)15)4-8(17)10(19)12(21)11(20)9(4)18/h1,16-21H. The van der Waals surface area contributed by atoms with Crippen LogP contribution in [-0.4, -0.2) is 0 Å². The summed E-state index contributed by atoms with van der Waals surface area (Å²) < 4.78 is 0. The summed E-state index contributed by atoms with van der Waals surface area (Å²) in [6.45, 7) is 0. The number of hydrogen-bond donors (Lipinski definition) is 6. The Balaban J connectivity index is 2.93. The van der Waals surface area contributed by atoms with Gasteiger partial charge >= 0.3 is 0 Å². The Morgan fingerprint density at radius 3 is 1.48 bits per heavy atom. The highest BCUT2D eigenvalue weighted by Gasteiger charge is 2.21. The van der Waals surface area contributed by atoms with Gasteiger partial charge in [-0.05, 0) is 6.07 Å². The van der Waals surface area contributed by atoms with Gasteiger partial charge in [0.15, 0.2) is 0 Å². The first-order chi connectivity index (χ1) is 9.68. The Morgan fingerprint density at radius 1 is 0.571 bits per heavy atom. The zero-order valence-corrected chi connectivity index (χ0v) is 17.5. The number of halogens is 3. The minimum atomic E-state index is 0.220. The van der Waals surface area contributed by atoms with Gasteiger partial charge in [0.1, 0.15) is 0 Å². The van der Waals surface area contributed by atoms with Crippen molar-refractivity contribution in [3.05, 3.63) is 21.1 Å². The summed E-state index contributed by atoms with van der Waals surface area (Å²) in [5, 5.41) is 0.799. The van der Waals surface area contributed by atoms with E-state index in [1.807, 2.05) is 0 Å². The van der Waals surface area contributed by atoms with Gasteiger partial charge in [-0.25, -0.2) is 0 Å². The molecule has 2 aromatic carbocycles. The Kier molecular flexibility index (Phi) is 6.35. The van der Waals surface area contributed by atoms with Crippen molar-refractivity contribution < 1.29 is 0 Å². The number of hydrogen-bond acceptors (Lipinski definition) is 6. The highest BCUT2D eigenvalue weighted by molar-refractivity contribution is 7.87. The second kappa shape index (κ2) is 7.11. The van der Waals surface area contributed by atoms with Gasteiger partial charge in [0, 0.05) is 40.5 Å². The van der Waals surface area contributed by atoms with Gasteiger partial charge in [0.2, 0.25) is 0 Å². The van der Waals surface area contributed by atoms with E-state index in [0.29, 0.717) is 40.5 Å². The van der Waals surface area contributed by atoms with Crippen molar-refractivity contribution in [1.29, 1.82) is 0 Å². The van der Waals surface area contributed by atoms with Crippen LogP contribution in [0.15, 0.2) is 35.4 Å². The molecule has 0 saturated heterocycles. The first-order valence-electron chi connectivity index (χ1n) is 5.24. The molecule has 0 heterocycles. The quantitative estimate of drug-likeness (QED) is 0.195. The predicted octanol–water partition coefficient (Wildman–Crippen LogP) is 7.05. The van der Waals surface area contributed by atoms with Gasteiger partial charge in [0.05, 0.1) is 15.1 Å². The Bertz CT molecular complexity index is 731. The van der Waals surface area contributed by atoms with E-state index < -0.39 is 0 Å². The molecule has 112 valence electrons. The van der Waals surface area contributed by atoms with Gasteiger partial charge in [-0.2, -0.15) is 0 Å². The lowest BCUT2D eigenvalue weighted by atomic mass is 10.0. The van der Waals surface area contributed by atoms with E-state index in [2.05, 4.69) is 75.8 Å². The topological polar surface area (TPSA) is 0 Å². The predicted molar refractivity (Wildman–Crippen MR) is 110 cm³/mol. The number of benzene rings is 2. The molecule has 0 fully saturated rings. The van der Waals surface area contributed by atoms with Crippen LogP contribution in [0, 0.1) is 0 Å². The van der Waals surface area contributed by atoms with E-state index in [0.717, 1.165) is 0 Å². The van der Waals surface area contributed by atoms with Crippen LogP contribution in [0.2, 0.25) is 15.1 Å². The maximum absolute atomic E-state index is 6.31. The second-order valence-corrected chi connectivity index (χ2v) is 7.86. The number of rotatable bonds is 1. The maximum atomic E-state index is 6.31. The smallest absolute Gasteiger partial charge is 0.0796 e. The zero-order chi connectivity index (χ0) is 16.1. The van der Waals surface area contributed by atoms with Crippen LogP contribution in [0.3, 0.4) is 0 Å². The van der Waals surface area contributed by atoms with E-state index in [-0.39, 0.29) is 15.1 Å². The van der Waals surface area contributed by atoms with Crippen molar-refractivity contribution in [2.24, 2.45) is 0 Å². The van der Waals surface area contributed by atoms with E-state index in [9.17, 15) is 0 Å². The van der Waals surface area contributed by atoms with Crippen molar-refractivity contribution >= 4 is 111 Å². The van der Waals surface area contributed by atoms with E-state index >= 15 is 0 Å². The molecule has 2 rings (SSSR count). The zero-order valence-electron chi connectivity index (χ0n) is 9.89. The summed E-state index contributed by atoms with van der Waals surface area (Å²) in [6, 6.07) is 1.70. The first-order valence-corrected chi connectivity index (χ1v) is 9.05. The summed E-state index contributed by atoms with van der Waals surface area (Å²) in [6.07, 6.45) is 0. The van der Waals surface area contributed by atoms with Crippen LogP contribution in [0.25, 0.3) is 11.1 Å². The third kappa shape index (κ3) is 3.30. The Hall–Kier alpha value is 1.41. The summed E-state index contributed by atoms with van der Waals surface area (Å²) >= 11 is 44.9. The monoisotopic (exact) mass is 448 g/mol. The molecule has 0 aliphatic heterocycles. The van der Waals surface area contributed by atoms with Crippen molar-refractivity contribution in [1.82, 2.24) is 0 Å². The molecule has 9 heteroatoms. The van der Waals surface area contributed by atoms with Crippen molar-refractivity contribution in [3.8, 4) is 11.1 Å². The van der Waals surface area contributed by atoms with Crippen molar-refractivity contribution in [2.45, 2.75) is 29.4 Å². The van der Waals surface area contributed by atoms with Crippen LogP contribution in [0.1, 0.15) is 0 Å². The fraction of sp³-hybridized carbons (Fsp3) is 0. The van der Waals surface area contributed by atoms with Gasteiger partial charge < -0.3 is 0 Å². The lowest BCUT2D eigenvalue weighted by Gasteiger charge is -2.18. The fourth-order valence-electron chi connectivity index (χ4n) is 1.71. The average molecular weight is 450 g/mol. The van der Waals surface area contributed by atoms with Crippen LogP contribution in [-0.2, 0) is 0 Å². The molecule has 0 spiro atoms. The third-order valence-corrected chi connectivity index (χ3v) is 7.55. The second-order valence-electron chi connectivity index (χ2n) is 4.00. The first kappa shape index (κ1) is 18.7. The average Bonchev–Trinajstić information content (AvgIpc) is 2.46. The molecule has 0 amide bonds. The molecule has 0 aliphatic rings. The molecule has 2 aromatic rings. The SMILES string of the molecule is Sc1cc(-c2c(S)c(S)c(S)c(S)c2S)c(Cl)c(Cl)c1Cl. The highest BCUT2D eigenvalue weighted by Crippen LogP contribution is 2.49. The van der Waals surface area contributed by atoms with Gasteiger partial charge in [-0.3, -0.25) is 0 Å². The summed E-state index contributed by atoms with van der Waals surface area (Å²) in [5.74, 6) is 0. The lowest BCUT2D eigenvalue weighted by Crippen LogP contribution is -1.92. The maximum Gasteiger partial charge on any atom is 0.0796 e.